The minimum atomic E-state index is -3.78. The van der Waals surface area contributed by atoms with Crippen molar-refractivity contribution in [1.82, 2.24) is 0 Å². The van der Waals surface area contributed by atoms with Crippen LogP contribution in [0.15, 0.2) is 0 Å². The van der Waals surface area contributed by atoms with E-state index in [1.165, 1.54) is 0 Å². The summed E-state index contributed by atoms with van der Waals surface area (Å²) in [5.41, 5.74) is 0. The molecule has 1 aliphatic heterocycles. The molecule has 48 valence electrons. The molecule has 3 N–H and O–H groups in total. The van der Waals surface area contributed by atoms with E-state index in [9.17, 15) is 0 Å². The number of hydrogen-bond acceptors (Lipinski definition) is 4. The fourth-order valence-electron chi connectivity index (χ4n) is 0.491. The van der Waals surface area contributed by atoms with Crippen LogP contribution in [0.4, 0.5) is 0 Å². The van der Waals surface area contributed by atoms with Gasteiger partial charge in [0.05, 0.1) is 12.7 Å². The molecule has 1 heterocycles. The Morgan fingerprint density at radius 1 is 1.50 bits per heavy atom. The maximum absolute atomic E-state index is 8.40. The molecule has 0 amide bonds. The van der Waals surface area contributed by atoms with Gasteiger partial charge in [-0.25, -0.2) is 0 Å². The first-order valence-electron chi connectivity index (χ1n) is 2.37. The highest BCUT2D eigenvalue weighted by Crippen LogP contribution is 2.17. The van der Waals surface area contributed by atoms with Crippen LogP contribution in [0.25, 0.3) is 0 Å². The standard InChI is InChI=1S/C3H8O4Si/c4-8(5,6)2-3-1-7-3/h3-6H,1-2H2. The molecule has 0 aromatic rings. The van der Waals surface area contributed by atoms with Crippen molar-refractivity contribution < 1.29 is 19.1 Å². The Kier molecular flexibility index (Phi) is 1.38. The molecule has 0 bridgehead atoms. The van der Waals surface area contributed by atoms with Crippen molar-refractivity contribution in [2.75, 3.05) is 6.61 Å². The van der Waals surface area contributed by atoms with Crippen molar-refractivity contribution in [3.05, 3.63) is 0 Å². The van der Waals surface area contributed by atoms with Gasteiger partial charge >= 0.3 is 8.80 Å². The molecule has 1 aliphatic rings. The van der Waals surface area contributed by atoms with Crippen LogP contribution in [0, 0.1) is 0 Å². The number of ether oxygens (including phenoxy) is 1. The highest BCUT2D eigenvalue weighted by Gasteiger charge is 2.37. The van der Waals surface area contributed by atoms with Crippen LogP contribution in [0.2, 0.25) is 6.04 Å². The summed E-state index contributed by atoms with van der Waals surface area (Å²) in [5.74, 6) is 0. The Labute approximate surface area is 47.7 Å². The molecule has 1 saturated heterocycles. The first kappa shape index (κ1) is 6.18. The second-order valence-electron chi connectivity index (χ2n) is 1.93. The van der Waals surface area contributed by atoms with Crippen LogP contribution in [-0.4, -0.2) is 35.9 Å². The van der Waals surface area contributed by atoms with E-state index < -0.39 is 8.80 Å². The van der Waals surface area contributed by atoms with Gasteiger partial charge in [-0.05, 0) is 0 Å². The molecule has 0 aromatic carbocycles. The van der Waals surface area contributed by atoms with E-state index in [1.54, 1.807) is 0 Å². The monoisotopic (exact) mass is 136 g/mol. The van der Waals surface area contributed by atoms with Gasteiger partial charge in [-0.3, -0.25) is 0 Å². The maximum atomic E-state index is 8.40. The van der Waals surface area contributed by atoms with E-state index in [1.807, 2.05) is 0 Å². The lowest BCUT2D eigenvalue weighted by Crippen LogP contribution is -2.35. The Balaban J connectivity index is 2.16. The Morgan fingerprint density at radius 3 is 2.12 bits per heavy atom. The summed E-state index contributed by atoms with van der Waals surface area (Å²) >= 11 is 0. The van der Waals surface area contributed by atoms with Gasteiger partial charge in [-0.1, -0.05) is 0 Å². The summed E-state index contributed by atoms with van der Waals surface area (Å²) in [7, 11) is -3.78. The van der Waals surface area contributed by atoms with Gasteiger partial charge in [0.2, 0.25) is 0 Å². The second kappa shape index (κ2) is 1.78. The second-order valence-corrected chi connectivity index (χ2v) is 3.89. The van der Waals surface area contributed by atoms with Crippen LogP contribution in [0.5, 0.6) is 0 Å². The van der Waals surface area contributed by atoms with Crippen molar-refractivity contribution in [3.63, 3.8) is 0 Å². The van der Waals surface area contributed by atoms with Gasteiger partial charge in [-0.15, -0.1) is 0 Å². The van der Waals surface area contributed by atoms with E-state index in [2.05, 4.69) is 4.74 Å². The minimum absolute atomic E-state index is 0.0208. The zero-order valence-electron chi connectivity index (χ0n) is 4.24. The summed E-state index contributed by atoms with van der Waals surface area (Å²) in [4.78, 5) is 25.2. The average molecular weight is 136 g/mol. The van der Waals surface area contributed by atoms with Crippen molar-refractivity contribution in [2.45, 2.75) is 12.1 Å². The molecule has 0 aliphatic carbocycles. The van der Waals surface area contributed by atoms with Crippen LogP contribution in [-0.2, 0) is 4.74 Å². The van der Waals surface area contributed by atoms with Gasteiger partial charge in [0.1, 0.15) is 0 Å². The molecule has 0 aromatic heterocycles. The van der Waals surface area contributed by atoms with Crippen molar-refractivity contribution in [3.8, 4) is 0 Å². The summed E-state index contributed by atoms with van der Waals surface area (Å²) < 4.78 is 4.64. The quantitative estimate of drug-likeness (QED) is 0.312. The van der Waals surface area contributed by atoms with Gasteiger partial charge in [0.15, 0.2) is 0 Å². The topological polar surface area (TPSA) is 73.2 Å². The third-order valence-electron chi connectivity index (χ3n) is 0.904. The normalized spacial score (nSPS) is 28.1. The maximum Gasteiger partial charge on any atom is 0.495 e. The van der Waals surface area contributed by atoms with Crippen LogP contribution in [0.3, 0.4) is 0 Å². The van der Waals surface area contributed by atoms with Crippen molar-refractivity contribution in [2.24, 2.45) is 0 Å². The lowest BCUT2D eigenvalue weighted by atomic mass is 10.6. The summed E-state index contributed by atoms with van der Waals surface area (Å²) in [6.07, 6.45) is -0.0957. The third-order valence-corrected chi connectivity index (χ3v) is 1.91. The van der Waals surface area contributed by atoms with E-state index in [0.717, 1.165) is 0 Å². The lowest BCUT2D eigenvalue weighted by Gasteiger charge is -2.04. The molecule has 0 spiro atoms. The highest BCUT2D eigenvalue weighted by atomic mass is 28.4. The van der Waals surface area contributed by atoms with Crippen LogP contribution < -0.4 is 0 Å². The number of rotatable bonds is 2. The largest absolute Gasteiger partial charge is 0.495 e. The summed E-state index contributed by atoms with van der Waals surface area (Å²) in [6, 6.07) is 0.0208. The zero-order chi connectivity index (χ0) is 6.20. The molecule has 5 heteroatoms. The molecule has 4 nitrogen and oxygen atoms in total. The minimum Gasteiger partial charge on any atom is -0.390 e. The van der Waals surface area contributed by atoms with Gasteiger partial charge in [-0.2, -0.15) is 0 Å². The van der Waals surface area contributed by atoms with Crippen molar-refractivity contribution >= 4 is 8.80 Å². The molecule has 1 fully saturated rings. The molecule has 1 atom stereocenters. The zero-order valence-corrected chi connectivity index (χ0v) is 5.24. The van der Waals surface area contributed by atoms with Gasteiger partial charge in [0, 0.05) is 6.04 Å². The highest BCUT2D eigenvalue weighted by molar-refractivity contribution is 6.56. The molecule has 0 radical (unpaired) electrons. The fourth-order valence-corrected chi connectivity index (χ4v) is 1.34. The molecule has 0 saturated carbocycles. The Bertz CT molecular complexity index is 83.8. The summed E-state index contributed by atoms with van der Waals surface area (Å²) in [6.45, 7) is 0.552. The summed E-state index contributed by atoms with van der Waals surface area (Å²) in [5, 5.41) is 0. The Hall–Kier alpha value is 0.0569. The lowest BCUT2D eigenvalue weighted by molar-refractivity contribution is 0.221. The first-order chi connectivity index (χ1) is 3.58. The van der Waals surface area contributed by atoms with Crippen LogP contribution >= 0.6 is 0 Å². The van der Waals surface area contributed by atoms with E-state index in [-0.39, 0.29) is 12.1 Å². The van der Waals surface area contributed by atoms with Gasteiger partial charge in [0.25, 0.3) is 0 Å². The SMILES string of the molecule is O[Si](O)(O)CC1CO1. The molecule has 1 unspecified atom stereocenters. The smallest absolute Gasteiger partial charge is 0.390 e. The molecular weight excluding hydrogens is 128 g/mol. The average Bonchev–Trinajstić information content (AvgIpc) is 2.12. The predicted octanol–water partition coefficient (Wildman–Crippen LogP) is -1.70. The fraction of sp³-hybridized carbons (Fsp3) is 1.00. The third kappa shape index (κ3) is 2.39. The van der Waals surface area contributed by atoms with Crippen LogP contribution in [0.1, 0.15) is 0 Å². The Morgan fingerprint density at radius 2 is 2.00 bits per heavy atom. The molecular formula is C3H8O4Si. The van der Waals surface area contributed by atoms with E-state index in [0.29, 0.717) is 6.61 Å². The predicted molar refractivity (Wildman–Crippen MR) is 27.0 cm³/mol. The number of epoxide rings is 1. The molecule has 1 rings (SSSR count). The van der Waals surface area contributed by atoms with Gasteiger partial charge < -0.3 is 19.1 Å². The number of hydrogen-bond donors (Lipinski definition) is 3. The van der Waals surface area contributed by atoms with E-state index >= 15 is 0 Å². The molecule has 8 heavy (non-hydrogen) atoms. The first-order valence-corrected chi connectivity index (χ1v) is 4.41. The van der Waals surface area contributed by atoms with Crippen molar-refractivity contribution in [1.29, 1.82) is 0 Å². The van der Waals surface area contributed by atoms with E-state index in [4.69, 9.17) is 14.4 Å².